The fourth-order valence-electron chi connectivity index (χ4n) is 2.26. The number of hydrogen-bond acceptors (Lipinski definition) is 4. The molecule has 0 aliphatic carbocycles. The van der Waals surface area contributed by atoms with Crippen molar-refractivity contribution in [2.24, 2.45) is 7.05 Å². The smallest absolute Gasteiger partial charge is 0.286 e. The molecule has 2 rings (SSSR count). The Labute approximate surface area is 160 Å². The molecule has 26 heavy (non-hydrogen) atoms. The number of amides is 2. The predicted molar refractivity (Wildman–Crippen MR) is 101 cm³/mol. The van der Waals surface area contributed by atoms with Gasteiger partial charge in [-0.05, 0) is 47.5 Å². The number of para-hydroxylation sites is 2. The van der Waals surface area contributed by atoms with Crippen molar-refractivity contribution in [1.82, 2.24) is 15.4 Å². The highest BCUT2D eigenvalue weighted by Gasteiger charge is 2.12. The van der Waals surface area contributed by atoms with Gasteiger partial charge in [0.25, 0.3) is 5.91 Å². The Kier molecular flexibility index (Phi) is 7.53. The van der Waals surface area contributed by atoms with Crippen LogP contribution in [0.15, 0.2) is 41.0 Å². The van der Waals surface area contributed by atoms with Gasteiger partial charge in [-0.1, -0.05) is 12.1 Å². The van der Waals surface area contributed by atoms with Crippen molar-refractivity contribution in [2.75, 3.05) is 13.2 Å². The first-order chi connectivity index (χ1) is 12.5. The molecule has 2 N–H and O–H groups in total. The fraction of sp³-hybridized carbons (Fsp3) is 0.333. The van der Waals surface area contributed by atoms with Crippen molar-refractivity contribution in [3.05, 3.63) is 46.7 Å². The van der Waals surface area contributed by atoms with Crippen LogP contribution in [0.25, 0.3) is 0 Å². The van der Waals surface area contributed by atoms with E-state index in [0.29, 0.717) is 36.8 Å². The van der Waals surface area contributed by atoms with Crippen LogP contribution in [0, 0.1) is 0 Å². The summed E-state index contributed by atoms with van der Waals surface area (Å²) >= 11 is 3.30. The van der Waals surface area contributed by atoms with Crippen molar-refractivity contribution in [3.63, 3.8) is 0 Å². The first-order valence-electron chi connectivity index (χ1n) is 8.27. The number of hydrogen-bond donors (Lipinski definition) is 2. The first-order valence-corrected chi connectivity index (χ1v) is 9.06. The third kappa shape index (κ3) is 5.80. The minimum atomic E-state index is -0.381. The summed E-state index contributed by atoms with van der Waals surface area (Å²) in [6, 6.07) is 9.07. The summed E-state index contributed by atoms with van der Waals surface area (Å²) in [6.45, 7) is 2.83. The van der Waals surface area contributed by atoms with Crippen LogP contribution in [-0.2, 0) is 11.8 Å². The molecule has 0 fully saturated rings. The van der Waals surface area contributed by atoms with Gasteiger partial charge in [-0.25, -0.2) is 0 Å². The Morgan fingerprint density at radius 3 is 2.46 bits per heavy atom. The van der Waals surface area contributed by atoms with Gasteiger partial charge in [-0.2, -0.15) is 0 Å². The number of halogens is 1. The number of ether oxygens (including phenoxy) is 2. The van der Waals surface area contributed by atoms with Crippen LogP contribution >= 0.6 is 15.9 Å². The fourth-order valence-corrected chi connectivity index (χ4v) is 2.79. The number of carbonyl (C=O) groups is 2. The number of aryl methyl sites for hydroxylation is 1. The van der Waals surface area contributed by atoms with E-state index in [1.54, 1.807) is 23.9 Å². The van der Waals surface area contributed by atoms with Gasteiger partial charge in [-0.3, -0.25) is 20.4 Å². The van der Waals surface area contributed by atoms with Gasteiger partial charge in [0.15, 0.2) is 11.5 Å². The Morgan fingerprint density at radius 2 is 1.85 bits per heavy atom. The van der Waals surface area contributed by atoms with E-state index in [4.69, 9.17) is 9.47 Å². The number of rotatable bonds is 8. The SMILES string of the molecule is CCOc1ccccc1OCCCC(=O)NNC(=O)c1cc(Br)cn1C. The molecule has 7 nitrogen and oxygen atoms in total. The van der Waals surface area contributed by atoms with E-state index in [-0.39, 0.29) is 18.2 Å². The van der Waals surface area contributed by atoms with Gasteiger partial charge in [-0.15, -0.1) is 0 Å². The zero-order valence-corrected chi connectivity index (χ0v) is 16.3. The van der Waals surface area contributed by atoms with Crippen LogP contribution in [0.2, 0.25) is 0 Å². The molecule has 0 saturated heterocycles. The van der Waals surface area contributed by atoms with Crippen LogP contribution < -0.4 is 20.3 Å². The molecule has 0 spiro atoms. The minimum Gasteiger partial charge on any atom is -0.490 e. The average molecular weight is 424 g/mol. The van der Waals surface area contributed by atoms with Gasteiger partial charge in [0.05, 0.1) is 13.2 Å². The van der Waals surface area contributed by atoms with Gasteiger partial charge in [0.1, 0.15) is 5.69 Å². The van der Waals surface area contributed by atoms with E-state index in [0.717, 1.165) is 4.47 Å². The lowest BCUT2D eigenvalue weighted by atomic mass is 10.3. The van der Waals surface area contributed by atoms with E-state index < -0.39 is 0 Å². The third-order valence-electron chi connectivity index (χ3n) is 3.47. The average Bonchev–Trinajstić information content (AvgIpc) is 2.96. The highest BCUT2D eigenvalue weighted by atomic mass is 79.9. The monoisotopic (exact) mass is 423 g/mol. The molecule has 8 heteroatoms. The van der Waals surface area contributed by atoms with Gasteiger partial charge < -0.3 is 14.0 Å². The lowest BCUT2D eigenvalue weighted by molar-refractivity contribution is -0.122. The molecule has 0 aliphatic heterocycles. The van der Waals surface area contributed by atoms with E-state index in [9.17, 15) is 9.59 Å². The van der Waals surface area contributed by atoms with Crippen molar-refractivity contribution in [3.8, 4) is 11.5 Å². The second kappa shape index (κ2) is 9.86. The first kappa shape index (κ1) is 19.8. The molecule has 2 aromatic rings. The Morgan fingerprint density at radius 1 is 1.15 bits per heavy atom. The number of carbonyl (C=O) groups excluding carboxylic acids is 2. The molecular formula is C18H22BrN3O4. The molecule has 0 radical (unpaired) electrons. The van der Waals surface area contributed by atoms with Gasteiger partial charge in [0, 0.05) is 24.1 Å². The predicted octanol–water partition coefficient (Wildman–Crippen LogP) is 2.81. The van der Waals surface area contributed by atoms with Crippen molar-refractivity contribution in [2.45, 2.75) is 19.8 Å². The Hall–Kier alpha value is -2.48. The highest BCUT2D eigenvalue weighted by molar-refractivity contribution is 9.10. The van der Waals surface area contributed by atoms with E-state index in [2.05, 4.69) is 26.8 Å². The van der Waals surface area contributed by atoms with E-state index >= 15 is 0 Å². The second-order valence-electron chi connectivity index (χ2n) is 5.49. The molecule has 140 valence electrons. The van der Waals surface area contributed by atoms with Crippen LogP contribution in [0.1, 0.15) is 30.3 Å². The molecule has 0 aliphatic rings. The van der Waals surface area contributed by atoms with Gasteiger partial charge in [0.2, 0.25) is 5.91 Å². The largest absolute Gasteiger partial charge is 0.490 e. The van der Waals surface area contributed by atoms with Gasteiger partial charge >= 0.3 is 0 Å². The zero-order chi connectivity index (χ0) is 18.9. The molecular weight excluding hydrogens is 402 g/mol. The number of nitrogens with one attached hydrogen (secondary N) is 2. The minimum absolute atomic E-state index is 0.230. The molecule has 0 bridgehead atoms. The summed E-state index contributed by atoms with van der Waals surface area (Å²) in [5.74, 6) is 0.666. The maximum absolute atomic E-state index is 12.0. The standard InChI is InChI=1S/C18H22BrN3O4/c1-3-25-15-7-4-5-8-16(15)26-10-6-9-17(23)20-21-18(24)14-11-13(19)12-22(14)2/h4-5,7-8,11-12H,3,6,9-10H2,1-2H3,(H,20,23)(H,21,24). The summed E-state index contributed by atoms with van der Waals surface area (Å²) in [5, 5.41) is 0. The second-order valence-corrected chi connectivity index (χ2v) is 6.40. The lowest BCUT2D eigenvalue weighted by Gasteiger charge is -2.11. The molecule has 1 aromatic carbocycles. The highest BCUT2D eigenvalue weighted by Crippen LogP contribution is 2.26. The molecule has 2 amide bonds. The van der Waals surface area contributed by atoms with Crippen LogP contribution in [-0.4, -0.2) is 29.6 Å². The number of hydrazine groups is 1. The van der Waals surface area contributed by atoms with E-state index in [1.807, 2.05) is 31.2 Å². The van der Waals surface area contributed by atoms with E-state index in [1.165, 1.54) is 0 Å². The zero-order valence-electron chi connectivity index (χ0n) is 14.8. The normalized spacial score (nSPS) is 10.3. The summed E-state index contributed by atoms with van der Waals surface area (Å²) in [5.41, 5.74) is 5.23. The maximum atomic E-state index is 12.0. The van der Waals surface area contributed by atoms with Crippen molar-refractivity contribution < 1.29 is 19.1 Å². The Bertz CT molecular complexity index is 761. The molecule has 0 atom stereocenters. The quantitative estimate of drug-likeness (QED) is 0.505. The molecule has 0 unspecified atom stereocenters. The third-order valence-corrected chi connectivity index (χ3v) is 3.91. The van der Waals surface area contributed by atoms with Crippen LogP contribution in [0.3, 0.4) is 0 Å². The summed E-state index contributed by atoms with van der Waals surface area (Å²) in [4.78, 5) is 23.8. The Balaban J connectivity index is 1.69. The maximum Gasteiger partial charge on any atom is 0.286 e. The van der Waals surface area contributed by atoms with Crippen molar-refractivity contribution in [1.29, 1.82) is 0 Å². The molecule has 1 aromatic heterocycles. The summed E-state index contributed by atoms with van der Waals surface area (Å²) in [7, 11) is 1.75. The number of aromatic nitrogens is 1. The number of nitrogens with zero attached hydrogens (tertiary/aromatic N) is 1. The van der Waals surface area contributed by atoms with Crippen LogP contribution in [0.4, 0.5) is 0 Å². The topological polar surface area (TPSA) is 81.6 Å². The van der Waals surface area contributed by atoms with Crippen LogP contribution in [0.5, 0.6) is 11.5 Å². The summed E-state index contributed by atoms with van der Waals surface area (Å²) < 4.78 is 13.6. The lowest BCUT2D eigenvalue weighted by Crippen LogP contribution is -2.42. The van der Waals surface area contributed by atoms with Crippen molar-refractivity contribution >= 4 is 27.7 Å². The molecule has 0 saturated carbocycles. The summed E-state index contributed by atoms with van der Waals surface area (Å²) in [6.07, 6.45) is 2.50. The number of benzene rings is 1. The molecule has 1 heterocycles.